The van der Waals surface area contributed by atoms with E-state index in [1.54, 1.807) is 0 Å². The third-order valence-corrected chi connectivity index (χ3v) is 4.79. The Labute approximate surface area is 146 Å². The van der Waals surface area contributed by atoms with Crippen molar-refractivity contribution in [3.8, 4) is 11.5 Å². The van der Waals surface area contributed by atoms with Gasteiger partial charge in [-0.2, -0.15) is 0 Å². The number of hydrogen-bond donors (Lipinski definition) is 1. The van der Waals surface area contributed by atoms with Crippen LogP contribution in [0.5, 0.6) is 11.5 Å². The van der Waals surface area contributed by atoms with E-state index in [9.17, 15) is 0 Å². The number of ether oxygens (including phenoxy) is 2. The molecule has 1 heterocycles. The lowest BCUT2D eigenvalue weighted by molar-refractivity contribution is 0.0525. The zero-order valence-electron chi connectivity index (χ0n) is 15.6. The second-order valence-electron chi connectivity index (χ2n) is 6.30. The maximum atomic E-state index is 6.18. The van der Waals surface area contributed by atoms with Gasteiger partial charge in [0.25, 0.3) is 0 Å². The van der Waals surface area contributed by atoms with Crippen LogP contribution in [0.1, 0.15) is 39.3 Å². The lowest BCUT2D eigenvalue weighted by atomic mass is 10.0. The molecule has 1 aliphatic rings. The average Bonchev–Trinajstić information content (AvgIpc) is 2.59. The van der Waals surface area contributed by atoms with E-state index in [1.165, 1.54) is 5.56 Å². The number of likely N-dealkylation sites (N-methyl/N-ethyl adjacent to an activating group) is 1. The lowest BCUT2D eigenvalue weighted by Crippen LogP contribution is -2.53. The number of hydrogen-bond acceptors (Lipinski definition) is 5. The molecule has 0 aliphatic carbocycles. The molecule has 0 radical (unpaired) electrons. The molecule has 0 aromatic heterocycles. The number of rotatable bonds is 8. The molecule has 5 heteroatoms. The van der Waals surface area contributed by atoms with Crippen LogP contribution in [0.2, 0.25) is 0 Å². The first kappa shape index (κ1) is 19.0. The predicted molar refractivity (Wildman–Crippen MR) is 98.9 cm³/mol. The molecule has 1 aliphatic heterocycles. The molecule has 1 saturated heterocycles. The van der Waals surface area contributed by atoms with E-state index in [-0.39, 0.29) is 6.04 Å². The smallest absolute Gasteiger partial charge is 0.127 e. The Balaban J connectivity index is 2.25. The van der Waals surface area contributed by atoms with Gasteiger partial charge >= 0.3 is 0 Å². The topological polar surface area (TPSA) is 51.0 Å². The van der Waals surface area contributed by atoms with E-state index in [4.69, 9.17) is 15.2 Å². The first-order valence-corrected chi connectivity index (χ1v) is 9.22. The fourth-order valence-corrected chi connectivity index (χ4v) is 3.57. The third kappa shape index (κ3) is 4.41. The van der Waals surface area contributed by atoms with Gasteiger partial charge in [-0.05, 0) is 33.4 Å². The van der Waals surface area contributed by atoms with E-state index in [1.807, 2.05) is 26.0 Å². The summed E-state index contributed by atoms with van der Waals surface area (Å²) in [5.41, 5.74) is 7.35. The molecular formula is C19H33N3O2. The summed E-state index contributed by atoms with van der Waals surface area (Å²) in [6.07, 6.45) is 0. The highest BCUT2D eigenvalue weighted by Crippen LogP contribution is 2.34. The van der Waals surface area contributed by atoms with Gasteiger partial charge in [0.15, 0.2) is 0 Å². The number of benzene rings is 1. The van der Waals surface area contributed by atoms with Crippen molar-refractivity contribution >= 4 is 0 Å². The Hall–Kier alpha value is -1.30. The summed E-state index contributed by atoms with van der Waals surface area (Å²) in [5, 5.41) is 0. The summed E-state index contributed by atoms with van der Waals surface area (Å²) in [6.45, 7) is 14.7. The highest BCUT2D eigenvalue weighted by atomic mass is 16.5. The number of nitrogens with two attached hydrogens (primary N) is 1. The van der Waals surface area contributed by atoms with Crippen molar-refractivity contribution in [3.63, 3.8) is 0 Å². The minimum absolute atomic E-state index is 0.177. The molecule has 1 aromatic rings. The summed E-state index contributed by atoms with van der Waals surface area (Å²) >= 11 is 0. The maximum Gasteiger partial charge on any atom is 0.127 e. The van der Waals surface area contributed by atoms with Crippen LogP contribution in [-0.4, -0.2) is 61.8 Å². The molecule has 1 aromatic carbocycles. The van der Waals surface area contributed by atoms with Gasteiger partial charge in [-0.1, -0.05) is 13.0 Å². The first-order valence-electron chi connectivity index (χ1n) is 9.22. The Morgan fingerprint density at radius 1 is 1.17 bits per heavy atom. The Kier molecular flexibility index (Phi) is 7.34. The predicted octanol–water partition coefficient (Wildman–Crippen LogP) is 2.51. The van der Waals surface area contributed by atoms with Gasteiger partial charge in [0, 0.05) is 43.9 Å². The van der Waals surface area contributed by atoms with E-state index in [2.05, 4.69) is 29.7 Å². The van der Waals surface area contributed by atoms with Crippen molar-refractivity contribution in [2.75, 3.05) is 45.9 Å². The standard InChI is InChI=1S/C19H33N3O2/c1-5-21-10-11-22(15(4)14-21)18(13-20)17-9-8-16(23-6-2)12-19(17)24-7-3/h8-9,12,15,18H,5-7,10-11,13-14,20H2,1-4H3. The zero-order valence-corrected chi connectivity index (χ0v) is 15.6. The largest absolute Gasteiger partial charge is 0.494 e. The third-order valence-electron chi connectivity index (χ3n) is 4.79. The molecule has 0 spiro atoms. The van der Waals surface area contributed by atoms with Gasteiger partial charge in [-0.3, -0.25) is 4.90 Å². The Morgan fingerprint density at radius 2 is 1.92 bits per heavy atom. The summed E-state index contributed by atoms with van der Waals surface area (Å²) in [4.78, 5) is 5.01. The molecule has 2 unspecified atom stereocenters. The van der Waals surface area contributed by atoms with Crippen molar-refractivity contribution in [2.24, 2.45) is 5.73 Å². The van der Waals surface area contributed by atoms with Crippen LogP contribution in [0.25, 0.3) is 0 Å². The van der Waals surface area contributed by atoms with Gasteiger partial charge in [0.05, 0.1) is 19.3 Å². The van der Waals surface area contributed by atoms with Crippen LogP contribution >= 0.6 is 0 Å². The lowest BCUT2D eigenvalue weighted by Gasteiger charge is -2.43. The highest BCUT2D eigenvalue weighted by molar-refractivity contribution is 5.43. The van der Waals surface area contributed by atoms with Crippen LogP contribution in [0.3, 0.4) is 0 Å². The SMILES string of the molecule is CCOc1ccc(C(CN)N2CCN(CC)CC2C)c(OCC)c1. The molecule has 5 nitrogen and oxygen atoms in total. The van der Waals surface area contributed by atoms with Crippen LogP contribution < -0.4 is 15.2 Å². The maximum absolute atomic E-state index is 6.18. The molecule has 1 fully saturated rings. The molecular weight excluding hydrogens is 302 g/mol. The molecule has 2 atom stereocenters. The molecule has 2 rings (SSSR count). The number of piperazine rings is 1. The molecule has 0 bridgehead atoms. The minimum Gasteiger partial charge on any atom is -0.494 e. The minimum atomic E-state index is 0.177. The van der Waals surface area contributed by atoms with Crippen molar-refractivity contribution in [2.45, 2.75) is 39.8 Å². The molecule has 0 saturated carbocycles. The summed E-state index contributed by atoms with van der Waals surface area (Å²) < 4.78 is 11.5. The highest BCUT2D eigenvalue weighted by Gasteiger charge is 2.30. The quantitative estimate of drug-likeness (QED) is 0.791. The molecule has 136 valence electrons. The van der Waals surface area contributed by atoms with Crippen molar-refractivity contribution in [3.05, 3.63) is 23.8 Å². The van der Waals surface area contributed by atoms with E-state index >= 15 is 0 Å². The molecule has 24 heavy (non-hydrogen) atoms. The average molecular weight is 335 g/mol. The second-order valence-corrected chi connectivity index (χ2v) is 6.30. The second kappa shape index (κ2) is 9.25. The summed E-state index contributed by atoms with van der Waals surface area (Å²) in [7, 11) is 0. The fraction of sp³-hybridized carbons (Fsp3) is 0.684. The fourth-order valence-electron chi connectivity index (χ4n) is 3.57. The van der Waals surface area contributed by atoms with Gasteiger partial charge in [-0.25, -0.2) is 0 Å². The molecule has 0 amide bonds. The van der Waals surface area contributed by atoms with Gasteiger partial charge < -0.3 is 20.1 Å². The number of nitrogens with zero attached hydrogens (tertiary/aromatic N) is 2. The van der Waals surface area contributed by atoms with Crippen LogP contribution in [-0.2, 0) is 0 Å². The summed E-state index contributed by atoms with van der Waals surface area (Å²) in [6, 6.07) is 6.80. The van der Waals surface area contributed by atoms with Crippen LogP contribution in [0.15, 0.2) is 18.2 Å². The molecule has 2 N–H and O–H groups in total. The van der Waals surface area contributed by atoms with Crippen molar-refractivity contribution in [1.82, 2.24) is 9.80 Å². The van der Waals surface area contributed by atoms with Crippen molar-refractivity contribution < 1.29 is 9.47 Å². The normalized spacial score (nSPS) is 20.8. The van der Waals surface area contributed by atoms with Gasteiger partial charge in [0.2, 0.25) is 0 Å². The monoisotopic (exact) mass is 335 g/mol. The Bertz CT molecular complexity index is 509. The summed E-state index contributed by atoms with van der Waals surface area (Å²) in [5.74, 6) is 1.74. The van der Waals surface area contributed by atoms with Crippen LogP contribution in [0, 0.1) is 0 Å². The van der Waals surface area contributed by atoms with Gasteiger partial charge in [-0.15, -0.1) is 0 Å². The Morgan fingerprint density at radius 3 is 2.50 bits per heavy atom. The van der Waals surface area contributed by atoms with Gasteiger partial charge in [0.1, 0.15) is 11.5 Å². The van der Waals surface area contributed by atoms with Crippen LogP contribution in [0.4, 0.5) is 0 Å². The van der Waals surface area contributed by atoms with Crippen molar-refractivity contribution in [1.29, 1.82) is 0 Å². The zero-order chi connectivity index (χ0) is 17.5. The van der Waals surface area contributed by atoms with E-state index < -0.39 is 0 Å². The first-order chi connectivity index (χ1) is 11.6. The van der Waals surface area contributed by atoms with E-state index in [0.717, 1.165) is 37.7 Å². The van der Waals surface area contributed by atoms with E-state index in [0.29, 0.717) is 25.8 Å².